The Morgan fingerprint density at radius 1 is 0.919 bits per heavy atom. The molecule has 0 heterocycles. The maximum Gasteiger partial charge on any atom is 0.408 e. The molecule has 2 rings (SSSR count). The third-order valence-electron chi connectivity index (χ3n) is 5.79. The fourth-order valence-electron chi connectivity index (χ4n) is 4.19. The van der Waals surface area contributed by atoms with Crippen LogP contribution < -0.4 is 10.6 Å². The number of carbonyl (C=O) groups is 3. The molecular weight excluding hydrogens is 466 g/mol. The van der Waals surface area contributed by atoms with Crippen LogP contribution in [-0.2, 0) is 20.9 Å². The Morgan fingerprint density at radius 2 is 1.57 bits per heavy atom. The van der Waals surface area contributed by atoms with E-state index in [0.717, 1.165) is 47.9 Å². The first-order valence-corrected chi connectivity index (χ1v) is 13.2. The van der Waals surface area contributed by atoms with Crippen LogP contribution in [0.4, 0.5) is 4.79 Å². The zero-order valence-corrected chi connectivity index (χ0v) is 23.2. The number of carbonyl (C=O) groups excluding carboxylic acids is 3. The minimum Gasteiger partial charge on any atom is -0.444 e. The molecule has 1 unspecified atom stereocenters. The summed E-state index contributed by atoms with van der Waals surface area (Å²) in [6, 6.07) is 14.8. The first kappa shape index (κ1) is 29.9. The Morgan fingerprint density at radius 3 is 2.16 bits per heavy atom. The molecule has 3 amide bonds. The van der Waals surface area contributed by atoms with Gasteiger partial charge in [-0.1, -0.05) is 85.8 Å². The molecule has 1 atom stereocenters. The first-order valence-electron chi connectivity index (χ1n) is 13.2. The molecule has 0 saturated heterocycles. The van der Waals surface area contributed by atoms with Gasteiger partial charge in [0.25, 0.3) is 0 Å². The molecule has 2 aromatic rings. The van der Waals surface area contributed by atoms with Crippen molar-refractivity contribution >= 4 is 17.9 Å². The summed E-state index contributed by atoms with van der Waals surface area (Å²) in [6.45, 7) is 11.9. The van der Waals surface area contributed by atoms with Crippen molar-refractivity contribution in [2.75, 3.05) is 13.1 Å². The minimum absolute atomic E-state index is 0.254. The largest absolute Gasteiger partial charge is 0.444 e. The lowest BCUT2D eigenvalue weighted by Crippen LogP contribution is -2.48. The third kappa shape index (κ3) is 10.7. The number of nitrogens with zero attached hydrogens (tertiary/aromatic N) is 1. The van der Waals surface area contributed by atoms with E-state index in [-0.39, 0.29) is 18.4 Å². The van der Waals surface area contributed by atoms with Gasteiger partial charge in [-0.25, -0.2) is 4.79 Å². The van der Waals surface area contributed by atoms with Crippen molar-refractivity contribution < 1.29 is 19.1 Å². The average molecular weight is 510 g/mol. The molecule has 37 heavy (non-hydrogen) atoms. The smallest absolute Gasteiger partial charge is 0.408 e. The molecule has 0 aliphatic heterocycles. The van der Waals surface area contributed by atoms with Gasteiger partial charge in [-0.3, -0.25) is 9.59 Å². The third-order valence-corrected chi connectivity index (χ3v) is 5.79. The van der Waals surface area contributed by atoms with Gasteiger partial charge in [0.1, 0.15) is 18.2 Å². The van der Waals surface area contributed by atoms with E-state index in [4.69, 9.17) is 4.74 Å². The lowest BCUT2D eigenvalue weighted by atomic mass is 9.98. The lowest BCUT2D eigenvalue weighted by molar-refractivity contribution is -0.140. The van der Waals surface area contributed by atoms with Crippen molar-refractivity contribution in [2.24, 2.45) is 0 Å². The number of rotatable bonds is 12. The van der Waals surface area contributed by atoms with E-state index in [1.54, 1.807) is 25.7 Å². The van der Waals surface area contributed by atoms with Gasteiger partial charge in [0, 0.05) is 13.1 Å². The Hall–Kier alpha value is -3.35. The van der Waals surface area contributed by atoms with Crippen molar-refractivity contribution in [3.05, 3.63) is 70.8 Å². The summed E-state index contributed by atoms with van der Waals surface area (Å²) in [5, 5.41) is 5.59. The highest BCUT2D eigenvalue weighted by Crippen LogP contribution is 2.25. The predicted molar refractivity (Wildman–Crippen MR) is 147 cm³/mol. The summed E-state index contributed by atoms with van der Waals surface area (Å²) in [5.74, 6) is -0.587. The van der Waals surface area contributed by atoms with E-state index in [1.165, 1.54) is 0 Å². The Balaban J connectivity index is 2.33. The van der Waals surface area contributed by atoms with E-state index < -0.39 is 17.7 Å². The quantitative estimate of drug-likeness (QED) is 0.365. The highest BCUT2D eigenvalue weighted by atomic mass is 16.6. The van der Waals surface area contributed by atoms with E-state index in [2.05, 4.69) is 17.6 Å². The molecule has 0 aliphatic rings. The molecule has 2 aromatic carbocycles. The van der Waals surface area contributed by atoms with Crippen LogP contribution in [0.1, 0.15) is 81.7 Å². The maximum atomic E-state index is 13.7. The molecular formula is C30H43N3O4. The van der Waals surface area contributed by atoms with Crippen LogP contribution in [0.15, 0.2) is 48.5 Å². The second-order valence-electron chi connectivity index (χ2n) is 10.5. The van der Waals surface area contributed by atoms with Crippen LogP contribution in [0.3, 0.4) is 0 Å². The van der Waals surface area contributed by atoms with Gasteiger partial charge < -0.3 is 20.3 Å². The summed E-state index contributed by atoms with van der Waals surface area (Å²) in [5.41, 5.74) is 3.08. The number of benzene rings is 2. The second kappa shape index (κ2) is 14.4. The zero-order chi connectivity index (χ0) is 27.4. The van der Waals surface area contributed by atoms with E-state index in [1.807, 2.05) is 62.4 Å². The van der Waals surface area contributed by atoms with Crippen LogP contribution in [0.5, 0.6) is 0 Å². The topological polar surface area (TPSA) is 87.7 Å². The van der Waals surface area contributed by atoms with Crippen molar-refractivity contribution in [1.82, 2.24) is 15.5 Å². The van der Waals surface area contributed by atoms with Gasteiger partial charge in [0.15, 0.2) is 0 Å². The molecule has 0 radical (unpaired) electrons. The number of unbranched alkanes of at least 4 members (excludes halogenated alkanes) is 3. The van der Waals surface area contributed by atoms with E-state index in [0.29, 0.717) is 13.1 Å². The summed E-state index contributed by atoms with van der Waals surface area (Å²) >= 11 is 0. The lowest BCUT2D eigenvalue weighted by Gasteiger charge is -2.32. The first-order chi connectivity index (χ1) is 17.5. The molecule has 0 spiro atoms. The molecule has 0 fully saturated rings. The number of amides is 3. The Labute approximate surface area is 222 Å². The van der Waals surface area contributed by atoms with Gasteiger partial charge in [-0.2, -0.15) is 0 Å². The molecule has 2 N–H and O–H groups in total. The van der Waals surface area contributed by atoms with Gasteiger partial charge >= 0.3 is 6.09 Å². The number of alkyl carbamates (subject to hydrolysis) is 1. The summed E-state index contributed by atoms with van der Waals surface area (Å²) in [7, 11) is 0. The van der Waals surface area contributed by atoms with Crippen LogP contribution in [0, 0.1) is 13.8 Å². The van der Waals surface area contributed by atoms with Gasteiger partial charge in [-0.15, -0.1) is 0 Å². The number of aryl methyl sites for hydroxylation is 2. The van der Waals surface area contributed by atoms with Gasteiger partial charge in [-0.05, 0) is 52.2 Å². The SMILES string of the molecule is CCCCCCN(C(=O)CNC(=O)OC(C)(C)C)C(C(=O)NCc1ccccc1)c1cc(C)cc(C)c1. The zero-order valence-electron chi connectivity index (χ0n) is 23.2. The van der Waals surface area contributed by atoms with Gasteiger partial charge in [0.05, 0.1) is 0 Å². The molecule has 7 nitrogen and oxygen atoms in total. The average Bonchev–Trinajstić information content (AvgIpc) is 2.82. The van der Waals surface area contributed by atoms with Crippen molar-refractivity contribution in [1.29, 1.82) is 0 Å². The number of hydrogen-bond donors (Lipinski definition) is 2. The van der Waals surface area contributed by atoms with Gasteiger partial charge in [0.2, 0.25) is 11.8 Å². The molecule has 0 aromatic heterocycles. The number of hydrogen-bond acceptors (Lipinski definition) is 4. The molecule has 0 bridgehead atoms. The van der Waals surface area contributed by atoms with Crippen LogP contribution in [-0.4, -0.2) is 41.5 Å². The summed E-state index contributed by atoms with van der Waals surface area (Å²) < 4.78 is 5.29. The molecule has 7 heteroatoms. The predicted octanol–water partition coefficient (Wildman–Crippen LogP) is 5.59. The Bertz CT molecular complexity index is 1010. The van der Waals surface area contributed by atoms with Crippen molar-refractivity contribution in [3.8, 4) is 0 Å². The summed E-state index contributed by atoms with van der Waals surface area (Å²) in [6.07, 6.45) is 3.16. The van der Waals surface area contributed by atoms with Crippen LogP contribution >= 0.6 is 0 Å². The highest BCUT2D eigenvalue weighted by Gasteiger charge is 2.32. The fourth-order valence-corrected chi connectivity index (χ4v) is 4.19. The monoisotopic (exact) mass is 509 g/mol. The standard InChI is InChI=1S/C30H43N3O4/c1-7-8-9-13-16-33(26(34)21-32-29(36)37-30(4,5)6)27(25-18-22(2)17-23(3)19-25)28(35)31-20-24-14-11-10-12-15-24/h10-12,14-15,17-19,27H,7-9,13,16,20-21H2,1-6H3,(H,31,35)(H,32,36). The van der Waals surface area contributed by atoms with Crippen LogP contribution in [0.2, 0.25) is 0 Å². The maximum absolute atomic E-state index is 13.7. The normalized spacial score (nSPS) is 11.9. The number of ether oxygens (including phenoxy) is 1. The van der Waals surface area contributed by atoms with Crippen LogP contribution in [0.25, 0.3) is 0 Å². The second-order valence-corrected chi connectivity index (χ2v) is 10.5. The van der Waals surface area contributed by atoms with E-state index >= 15 is 0 Å². The molecule has 0 saturated carbocycles. The Kier molecular flexibility index (Phi) is 11.6. The summed E-state index contributed by atoms with van der Waals surface area (Å²) in [4.78, 5) is 41.0. The van der Waals surface area contributed by atoms with Crippen molar-refractivity contribution in [3.63, 3.8) is 0 Å². The fraction of sp³-hybridized carbons (Fsp3) is 0.500. The number of nitrogens with one attached hydrogen (secondary N) is 2. The highest BCUT2D eigenvalue weighted by molar-refractivity contribution is 5.90. The van der Waals surface area contributed by atoms with E-state index in [9.17, 15) is 14.4 Å². The van der Waals surface area contributed by atoms with Crippen molar-refractivity contribution in [2.45, 2.75) is 85.4 Å². The molecule has 202 valence electrons. The minimum atomic E-state index is -0.822. The molecule has 0 aliphatic carbocycles.